The van der Waals surface area contributed by atoms with E-state index in [9.17, 15) is 0 Å². The van der Waals surface area contributed by atoms with E-state index in [1.54, 1.807) is 0 Å². The highest BCUT2D eigenvalue weighted by Gasteiger charge is 2.19. The number of anilines is 1. The summed E-state index contributed by atoms with van der Waals surface area (Å²) in [5.41, 5.74) is 2.61. The molecular formula is C13H21N3. The maximum absolute atomic E-state index is 3.55. The van der Waals surface area contributed by atoms with Gasteiger partial charge in [0, 0.05) is 26.3 Å². The van der Waals surface area contributed by atoms with Gasteiger partial charge in [0.05, 0.1) is 6.17 Å². The number of hydrogen-bond acceptors (Lipinski definition) is 3. The van der Waals surface area contributed by atoms with Crippen molar-refractivity contribution in [1.82, 2.24) is 10.2 Å². The van der Waals surface area contributed by atoms with Crippen molar-refractivity contribution >= 4 is 5.69 Å². The lowest BCUT2D eigenvalue weighted by atomic mass is 10.1. The van der Waals surface area contributed by atoms with Gasteiger partial charge >= 0.3 is 0 Å². The first-order valence-electron chi connectivity index (χ1n) is 5.89. The quantitative estimate of drug-likeness (QED) is 0.816. The molecular weight excluding hydrogens is 198 g/mol. The monoisotopic (exact) mass is 219 g/mol. The summed E-state index contributed by atoms with van der Waals surface area (Å²) in [5, 5.41) is 3.55. The Balaban J connectivity index is 2.14. The second-order valence-corrected chi connectivity index (χ2v) is 4.68. The normalized spacial score (nSPS) is 22.1. The molecule has 1 saturated heterocycles. The molecule has 0 spiro atoms. The molecule has 1 atom stereocenters. The van der Waals surface area contributed by atoms with Gasteiger partial charge in [-0.1, -0.05) is 12.1 Å². The Bertz CT molecular complexity index is 332. The first-order chi connectivity index (χ1) is 7.68. The summed E-state index contributed by atoms with van der Waals surface area (Å²) in [6.45, 7) is 2.29. The Kier molecular flexibility index (Phi) is 3.46. The zero-order valence-electron chi connectivity index (χ0n) is 10.4. The highest BCUT2D eigenvalue weighted by atomic mass is 15.3. The lowest BCUT2D eigenvalue weighted by molar-refractivity contribution is 0.167. The maximum atomic E-state index is 3.55. The SMILES string of the molecule is CN(C)c1ccc(C2NCCCN2C)cc1. The van der Waals surface area contributed by atoms with E-state index >= 15 is 0 Å². The summed E-state index contributed by atoms with van der Waals surface area (Å²) in [6.07, 6.45) is 1.62. The van der Waals surface area contributed by atoms with Gasteiger partial charge in [0.1, 0.15) is 0 Å². The third-order valence-electron chi connectivity index (χ3n) is 3.19. The number of nitrogens with one attached hydrogen (secondary N) is 1. The van der Waals surface area contributed by atoms with Crippen molar-refractivity contribution in [2.45, 2.75) is 12.6 Å². The molecule has 0 bridgehead atoms. The van der Waals surface area contributed by atoms with Crippen LogP contribution >= 0.6 is 0 Å². The molecule has 88 valence electrons. The van der Waals surface area contributed by atoms with Crippen LogP contribution in [-0.2, 0) is 0 Å². The lowest BCUT2D eigenvalue weighted by Crippen LogP contribution is -2.42. The predicted octanol–water partition coefficient (Wildman–Crippen LogP) is 1.68. The fraction of sp³-hybridized carbons (Fsp3) is 0.538. The fourth-order valence-electron chi connectivity index (χ4n) is 2.18. The number of benzene rings is 1. The summed E-state index contributed by atoms with van der Waals surface area (Å²) < 4.78 is 0. The van der Waals surface area contributed by atoms with Crippen molar-refractivity contribution in [1.29, 1.82) is 0 Å². The van der Waals surface area contributed by atoms with Crippen LogP contribution in [0.4, 0.5) is 5.69 Å². The van der Waals surface area contributed by atoms with Gasteiger partial charge in [0.25, 0.3) is 0 Å². The molecule has 1 aliphatic rings. The molecule has 2 rings (SSSR count). The van der Waals surface area contributed by atoms with Gasteiger partial charge in [-0.15, -0.1) is 0 Å². The van der Waals surface area contributed by atoms with Crippen LogP contribution in [0, 0.1) is 0 Å². The van der Waals surface area contributed by atoms with E-state index in [1.807, 2.05) is 0 Å². The minimum absolute atomic E-state index is 0.380. The third-order valence-corrected chi connectivity index (χ3v) is 3.19. The second-order valence-electron chi connectivity index (χ2n) is 4.68. The van der Waals surface area contributed by atoms with Crippen LogP contribution in [-0.4, -0.2) is 39.1 Å². The van der Waals surface area contributed by atoms with Crippen molar-refractivity contribution in [2.24, 2.45) is 0 Å². The lowest BCUT2D eigenvalue weighted by Gasteiger charge is -2.34. The van der Waals surface area contributed by atoms with Crippen molar-refractivity contribution < 1.29 is 0 Å². The van der Waals surface area contributed by atoms with E-state index < -0.39 is 0 Å². The second kappa shape index (κ2) is 4.85. The molecule has 3 nitrogen and oxygen atoms in total. The fourth-order valence-corrected chi connectivity index (χ4v) is 2.18. The highest BCUT2D eigenvalue weighted by Crippen LogP contribution is 2.22. The van der Waals surface area contributed by atoms with Crippen LogP contribution in [0.3, 0.4) is 0 Å². The Morgan fingerprint density at radius 3 is 2.50 bits per heavy atom. The van der Waals surface area contributed by atoms with Crippen molar-refractivity contribution in [3.05, 3.63) is 29.8 Å². The van der Waals surface area contributed by atoms with Crippen LogP contribution in [0.5, 0.6) is 0 Å². The third kappa shape index (κ3) is 2.36. The van der Waals surface area contributed by atoms with E-state index in [0.717, 1.165) is 6.54 Å². The van der Waals surface area contributed by atoms with Crippen LogP contribution < -0.4 is 10.2 Å². The van der Waals surface area contributed by atoms with Crippen LogP contribution in [0.15, 0.2) is 24.3 Å². The molecule has 0 radical (unpaired) electrons. The number of hydrogen-bond donors (Lipinski definition) is 1. The van der Waals surface area contributed by atoms with Gasteiger partial charge in [-0.2, -0.15) is 0 Å². The summed E-state index contributed by atoms with van der Waals surface area (Å²) in [6, 6.07) is 8.79. The molecule has 1 unspecified atom stereocenters. The van der Waals surface area contributed by atoms with E-state index in [0.29, 0.717) is 6.17 Å². The first-order valence-corrected chi connectivity index (χ1v) is 5.89. The summed E-state index contributed by atoms with van der Waals surface area (Å²) in [5.74, 6) is 0. The summed E-state index contributed by atoms with van der Waals surface area (Å²) in [7, 11) is 6.32. The highest BCUT2D eigenvalue weighted by molar-refractivity contribution is 5.46. The van der Waals surface area contributed by atoms with Gasteiger partial charge in [-0.3, -0.25) is 10.2 Å². The molecule has 16 heavy (non-hydrogen) atoms. The van der Waals surface area contributed by atoms with Crippen molar-refractivity contribution in [2.75, 3.05) is 39.1 Å². The molecule has 0 aromatic heterocycles. The van der Waals surface area contributed by atoms with E-state index in [4.69, 9.17) is 0 Å². The average molecular weight is 219 g/mol. The Hall–Kier alpha value is -1.06. The standard InChI is InChI=1S/C13H21N3/c1-15(2)12-7-5-11(6-8-12)13-14-9-4-10-16(13)3/h5-8,13-14H,4,9-10H2,1-3H3. The maximum Gasteiger partial charge on any atom is 0.0858 e. The molecule has 1 N–H and O–H groups in total. The van der Waals surface area contributed by atoms with E-state index in [2.05, 4.69) is 60.5 Å². The predicted molar refractivity (Wildman–Crippen MR) is 68.8 cm³/mol. The molecule has 1 fully saturated rings. The van der Waals surface area contributed by atoms with Crippen LogP contribution in [0.25, 0.3) is 0 Å². The molecule has 0 amide bonds. The average Bonchev–Trinajstić information content (AvgIpc) is 2.30. The molecule has 3 heteroatoms. The number of nitrogens with zero attached hydrogens (tertiary/aromatic N) is 2. The molecule has 1 aliphatic heterocycles. The molecule has 0 saturated carbocycles. The molecule has 1 heterocycles. The van der Waals surface area contributed by atoms with E-state index in [-0.39, 0.29) is 0 Å². The Labute approximate surface area is 98.0 Å². The topological polar surface area (TPSA) is 18.5 Å². The summed E-state index contributed by atoms with van der Waals surface area (Å²) >= 11 is 0. The van der Waals surface area contributed by atoms with Gasteiger partial charge in [0.2, 0.25) is 0 Å². The molecule has 1 aromatic carbocycles. The zero-order chi connectivity index (χ0) is 11.5. The smallest absolute Gasteiger partial charge is 0.0858 e. The Morgan fingerprint density at radius 1 is 1.25 bits per heavy atom. The van der Waals surface area contributed by atoms with Gasteiger partial charge < -0.3 is 4.90 Å². The molecule has 0 aliphatic carbocycles. The number of rotatable bonds is 2. The minimum Gasteiger partial charge on any atom is -0.378 e. The molecule has 1 aromatic rings. The minimum atomic E-state index is 0.380. The largest absolute Gasteiger partial charge is 0.378 e. The van der Waals surface area contributed by atoms with E-state index in [1.165, 1.54) is 24.2 Å². The van der Waals surface area contributed by atoms with Crippen LogP contribution in [0.2, 0.25) is 0 Å². The Morgan fingerprint density at radius 2 is 1.94 bits per heavy atom. The first kappa shape index (κ1) is 11.4. The van der Waals surface area contributed by atoms with Gasteiger partial charge in [-0.25, -0.2) is 0 Å². The van der Waals surface area contributed by atoms with Gasteiger partial charge in [0.15, 0.2) is 0 Å². The summed E-state index contributed by atoms with van der Waals surface area (Å²) in [4.78, 5) is 4.50. The van der Waals surface area contributed by atoms with Crippen molar-refractivity contribution in [3.63, 3.8) is 0 Å². The van der Waals surface area contributed by atoms with Crippen molar-refractivity contribution in [3.8, 4) is 0 Å². The van der Waals surface area contributed by atoms with Crippen LogP contribution in [0.1, 0.15) is 18.2 Å². The van der Waals surface area contributed by atoms with Gasteiger partial charge in [-0.05, 0) is 37.7 Å². The zero-order valence-corrected chi connectivity index (χ0v) is 10.4.